The number of alkyl halides is 2. The Kier molecular flexibility index (Phi) is 9.57. The molecule has 278 valence electrons. The minimum Gasteiger partial charge on any atom is -0.461 e. The molecule has 3 aliphatic rings. The van der Waals surface area contributed by atoms with Gasteiger partial charge in [-0.3, -0.25) is 14.7 Å². The normalized spacial score (nSPS) is 22.3. The number of piperazine rings is 1. The summed E-state index contributed by atoms with van der Waals surface area (Å²) in [6, 6.07) is 12.4. The number of hydrogen-bond donors (Lipinski definition) is 0. The maximum absolute atomic E-state index is 16.9. The van der Waals surface area contributed by atoms with E-state index >= 15 is 4.39 Å². The molecule has 0 unspecified atom stereocenters. The molecule has 4 atom stereocenters. The molecule has 3 fully saturated rings. The van der Waals surface area contributed by atoms with E-state index in [4.69, 9.17) is 25.8 Å². The number of nitriles is 1. The van der Waals surface area contributed by atoms with Crippen molar-refractivity contribution in [3.63, 3.8) is 0 Å². The van der Waals surface area contributed by atoms with Crippen LogP contribution in [0.3, 0.4) is 0 Å². The quantitative estimate of drug-likeness (QED) is 0.150. The third kappa shape index (κ3) is 6.58. The second kappa shape index (κ2) is 14.5. The highest BCUT2D eigenvalue weighted by atomic mass is 35.5. The maximum Gasteiger partial charge on any atom is 0.319 e. The van der Waals surface area contributed by atoms with Gasteiger partial charge in [0.25, 0.3) is 5.89 Å². The van der Waals surface area contributed by atoms with Crippen molar-refractivity contribution in [2.45, 2.75) is 56.5 Å². The van der Waals surface area contributed by atoms with Crippen molar-refractivity contribution in [2.24, 2.45) is 0 Å². The number of anilines is 1. The van der Waals surface area contributed by atoms with Crippen LogP contribution < -0.4 is 9.64 Å². The number of amides is 1. The molecule has 6 heterocycles. The number of ether oxygens (including phenoxy) is 1. The van der Waals surface area contributed by atoms with E-state index < -0.39 is 35.6 Å². The van der Waals surface area contributed by atoms with Gasteiger partial charge in [0.2, 0.25) is 11.7 Å². The van der Waals surface area contributed by atoms with Crippen LogP contribution in [0.25, 0.3) is 39.0 Å². The molecular formula is C38H35ClF3N9O3. The van der Waals surface area contributed by atoms with Crippen LogP contribution in [0.15, 0.2) is 53.2 Å². The first kappa shape index (κ1) is 35.7. The van der Waals surface area contributed by atoms with Crippen LogP contribution >= 0.6 is 11.6 Å². The molecule has 0 aliphatic carbocycles. The summed E-state index contributed by atoms with van der Waals surface area (Å²) in [5.41, 5.74) is 0.0154. The minimum absolute atomic E-state index is 0.00607. The summed E-state index contributed by atoms with van der Waals surface area (Å²) < 4.78 is 56.3. The van der Waals surface area contributed by atoms with Crippen LogP contribution in [0.5, 0.6) is 6.01 Å². The molecule has 3 aromatic heterocycles. The van der Waals surface area contributed by atoms with Crippen LogP contribution in [-0.2, 0) is 4.79 Å². The van der Waals surface area contributed by atoms with Crippen LogP contribution in [0.4, 0.5) is 19.0 Å². The van der Waals surface area contributed by atoms with Crippen molar-refractivity contribution in [1.82, 2.24) is 34.9 Å². The summed E-state index contributed by atoms with van der Waals surface area (Å²) in [5.74, 6) is -0.944. The second-order valence-electron chi connectivity index (χ2n) is 14.0. The Morgan fingerprint density at radius 3 is 2.81 bits per heavy atom. The van der Waals surface area contributed by atoms with Gasteiger partial charge < -0.3 is 19.1 Å². The zero-order chi connectivity index (χ0) is 37.6. The number of carbonyl (C=O) groups excluding carboxylic acids is 1. The molecule has 2 aromatic carbocycles. The summed E-state index contributed by atoms with van der Waals surface area (Å²) >= 11 is 6.62. The van der Waals surface area contributed by atoms with Gasteiger partial charge in [0.1, 0.15) is 29.8 Å². The average molecular weight is 758 g/mol. The highest BCUT2D eigenvalue weighted by Gasteiger charge is 2.49. The summed E-state index contributed by atoms with van der Waals surface area (Å²) in [6.07, 6.45) is 3.67. The first-order chi connectivity index (χ1) is 26.1. The lowest BCUT2D eigenvalue weighted by molar-refractivity contribution is -0.128. The van der Waals surface area contributed by atoms with E-state index in [9.17, 15) is 18.8 Å². The van der Waals surface area contributed by atoms with Crippen molar-refractivity contribution in [3.8, 4) is 23.3 Å². The Hall–Kier alpha value is -5.33. The number of pyridine rings is 1. The fourth-order valence-corrected chi connectivity index (χ4v) is 8.27. The van der Waals surface area contributed by atoms with Gasteiger partial charge in [-0.05, 0) is 37.8 Å². The Labute approximate surface area is 313 Å². The van der Waals surface area contributed by atoms with E-state index in [1.54, 1.807) is 23.1 Å². The number of hydrogen-bond acceptors (Lipinski definition) is 11. The van der Waals surface area contributed by atoms with E-state index in [-0.39, 0.29) is 61.6 Å². The third-order valence-corrected chi connectivity index (χ3v) is 10.9. The summed E-state index contributed by atoms with van der Waals surface area (Å²) in [4.78, 5) is 36.8. The smallest absolute Gasteiger partial charge is 0.319 e. The average Bonchev–Trinajstić information content (AvgIpc) is 3.88. The van der Waals surface area contributed by atoms with Crippen LogP contribution in [0.1, 0.15) is 50.5 Å². The highest BCUT2D eigenvalue weighted by Crippen LogP contribution is 2.41. The monoisotopic (exact) mass is 757 g/mol. The van der Waals surface area contributed by atoms with Crippen LogP contribution in [-0.4, -0.2) is 97.9 Å². The van der Waals surface area contributed by atoms with Gasteiger partial charge in [-0.2, -0.15) is 20.2 Å². The highest BCUT2D eigenvalue weighted by molar-refractivity contribution is 6.36. The van der Waals surface area contributed by atoms with Crippen molar-refractivity contribution in [2.75, 3.05) is 44.2 Å². The van der Waals surface area contributed by atoms with Crippen molar-refractivity contribution in [1.29, 1.82) is 5.26 Å². The van der Waals surface area contributed by atoms with Gasteiger partial charge in [0, 0.05) is 66.9 Å². The fraction of sp³-hybridized carbons (Fsp3) is 0.395. The molecule has 0 spiro atoms. The number of nitrogens with zero attached hydrogens (tertiary/aromatic N) is 9. The number of fused-ring (bicyclic) bond motifs is 3. The SMILES string of the molecule is C[C@H](F)c1noc(/C=C/C(=O)N2CCN(c3nc(OC[C@@]45CCCN4C[C@H](F)C5)nc4c(F)c(-c5cccc6cccc(Cl)c56)ncc34)C[C@@H]2CC#N)n1. The van der Waals surface area contributed by atoms with Gasteiger partial charge in [-0.1, -0.05) is 47.1 Å². The van der Waals surface area contributed by atoms with Gasteiger partial charge in [0.15, 0.2) is 12.0 Å². The Morgan fingerprint density at radius 1 is 1.19 bits per heavy atom. The lowest BCUT2D eigenvalue weighted by Crippen LogP contribution is -2.55. The Bertz CT molecular complexity index is 2310. The van der Waals surface area contributed by atoms with E-state index in [1.165, 1.54) is 25.3 Å². The largest absolute Gasteiger partial charge is 0.461 e. The number of carbonyl (C=O) groups is 1. The molecule has 0 saturated carbocycles. The molecule has 0 bridgehead atoms. The van der Waals surface area contributed by atoms with E-state index in [2.05, 4.69) is 31.1 Å². The summed E-state index contributed by atoms with van der Waals surface area (Å²) in [7, 11) is 0. The summed E-state index contributed by atoms with van der Waals surface area (Å²) in [6.45, 7) is 3.15. The summed E-state index contributed by atoms with van der Waals surface area (Å²) in [5, 5.41) is 15.5. The lowest BCUT2D eigenvalue weighted by Gasteiger charge is -2.41. The fourth-order valence-electron chi connectivity index (χ4n) is 7.99. The zero-order valence-corrected chi connectivity index (χ0v) is 30.0. The van der Waals surface area contributed by atoms with Crippen molar-refractivity contribution >= 4 is 51.1 Å². The predicted octanol–water partition coefficient (Wildman–Crippen LogP) is 6.65. The standard InChI is InChI=1S/C38H35ClF3N9O3/c1-22(40)35-45-29(54-48-35)9-10-30(52)51-16-15-49(20-25(51)11-13-43)36-27-18-44-33(26-7-2-5-23-6-3-8-28(39)31(23)26)32(42)34(27)46-37(47-36)53-21-38-12-4-14-50(38)19-24(41)17-38/h2-3,5-10,18,22,24-25H,4,11-12,14-17,19-21H2,1H3/b10-9+/t22-,24+,25-,38-/m0/s1. The third-order valence-electron chi connectivity index (χ3n) is 10.6. The molecule has 54 heavy (non-hydrogen) atoms. The molecule has 1 amide bonds. The number of benzene rings is 2. The number of halogens is 4. The van der Waals surface area contributed by atoms with E-state index in [0.29, 0.717) is 40.1 Å². The molecule has 16 heteroatoms. The topological polar surface area (TPSA) is 137 Å². The molecule has 5 aromatic rings. The Balaban J connectivity index is 1.15. The van der Waals surface area contributed by atoms with E-state index in [0.717, 1.165) is 24.8 Å². The Morgan fingerprint density at radius 2 is 2.02 bits per heavy atom. The van der Waals surface area contributed by atoms with Crippen LogP contribution in [0, 0.1) is 17.1 Å². The zero-order valence-electron chi connectivity index (χ0n) is 29.3. The molecule has 3 saturated heterocycles. The van der Waals surface area contributed by atoms with Gasteiger partial charge >= 0.3 is 6.01 Å². The number of aromatic nitrogens is 5. The molecule has 8 rings (SSSR count). The first-order valence-electron chi connectivity index (χ1n) is 17.8. The molecule has 3 aliphatic heterocycles. The van der Waals surface area contributed by atoms with Gasteiger partial charge in [-0.15, -0.1) is 0 Å². The maximum atomic E-state index is 16.9. The van der Waals surface area contributed by atoms with E-state index in [1.807, 2.05) is 23.1 Å². The number of rotatable bonds is 9. The van der Waals surface area contributed by atoms with Gasteiger partial charge in [0.05, 0.1) is 29.5 Å². The molecule has 12 nitrogen and oxygen atoms in total. The second-order valence-corrected chi connectivity index (χ2v) is 14.4. The molecule has 0 N–H and O–H groups in total. The predicted molar refractivity (Wildman–Crippen MR) is 195 cm³/mol. The molecule has 0 radical (unpaired) electrons. The lowest BCUT2D eigenvalue weighted by atomic mass is 9.95. The van der Waals surface area contributed by atoms with Crippen LogP contribution in [0.2, 0.25) is 5.02 Å². The first-order valence-corrected chi connectivity index (χ1v) is 18.2. The van der Waals surface area contributed by atoms with Crippen molar-refractivity contribution in [3.05, 3.63) is 71.2 Å². The molecular weight excluding hydrogens is 723 g/mol. The van der Waals surface area contributed by atoms with Crippen molar-refractivity contribution < 1.29 is 27.2 Å². The van der Waals surface area contributed by atoms with Gasteiger partial charge in [-0.25, -0.2) is 13.2 Å². The minimum atomic E-state index is -1.43.